The smallest absolute Gasteiger partial charge is 0.311 e. The van der Waals surface area contributed by atoms with E-state index in [4.69, 9.17) is 14.2 Å². The molecular formula is C21H25NO5. The predicted octanol–water partition coefficient (Wildman–Crippen LogP) is 2.80. The molecule has 144 valence electrons. The van der Waals surface area contributed by atoms with Crippen LogP contribution < -0.4 is 14.8 Å². The van der Waals surface area contributed by atoms with E-state index < -0.39 is 12.1 Å². The quantitative estimate of drug-likeness (QED) is 0.723. The molecule has 1 N–H and O–H groups in total. The van der Waals surface area contributed by atoms with Gasteiger partial charge in [-0.15, -0.1) is 0 Å². The molecule has 0 unspecified atom stereocenters. The van der Waals surface area contributed by atoms with E-state index in [1.165, 1.54) is 7.11 Å². The Balaban J connectivity index is 1.87. The highest BCUT2D eigenvalue weighted by molar-refractivity contribution is 5.84. The fourth-order valence-corrected chi connectivity index (χ4v) is 2.48. The molecule has 1 amide bonds. The average Bonchev–Trinajstić information content (AvgIpc) is 2.67. The second-order valence-corrected chi connectivity index (χ2v) is 6.19. The van der Waals surface area contributed by atoms with Crippen LogP contribution in [0.15, 0.2) is 42.5 Å². The predicted molar refractivity (Wildman–Crippen MR) is 102 cm³/mol. The molecule has 0 aliphatic carbocycles. The van der Waals surface area contributed by atoms with Crippen LogP contribution in [-0.4, -0.2) is 32.2 Å². The molecule has 2 aromatic rings. The molecule has 0 saturated carbocycles. The number of aryl methyl sites for hydroxylation is 1. The normalized spacial score (nSPS) is 11.4. The van der Waals surface area contributed by atoms with Gasteiger partial charge in [0.1, 0.15) is 11.5 Å². The van der Waals surface area contributed by atoms with Gasteiger partial charge in [-0.2, -0.15) is 0 Å². The second kappa shape index (κ2) is 9.62. The van der Waals surface area contributed by atoms with Crippen LogP contribution in [0, 0.1) is 6.92 Å². The van der Waals surface area contributed by atoms with Gasteiger partial charge in [0, 0.05) is 18.2 Å². The van der Waals surface area contributed by atoms with Crippen molar-refractivity contribution in [2.75, 3.05) is 14.2 Å². The van der Waals surface area contributed by atoms with Crippen molar-refractivity contribution in [1.29, 1.82) is 0 Å². The average molecular weight is 371 g/mol. The highest BCUT2D eigenvalue weighted by Gasteiger charge is 2.19. The molecule has 2 aromatic carbocycles. The summed E-state index contributed by atoms with van der Waals surface area (Å²) in [6, 6.07) is 13.0. The molecule has 27 heavy (non-hydrogen) atoms. The number of hydrogen-bond donors (Lipinski definition) is 1. The lowest BCUT2D eigenvalue weighted by molar-refractivity contribution is -0.154. The molecule has 0 radical (unpaired) electrons. The number of carbonyl (C=O) groups is 2. The van der Waals surface area contributed by atoms with Gasteiger partial charge in [0.2, 0.25) is 0 Å². The number of methoxy groups -OCH3 is 2. The summed E-state index contributed by atoms with van der Waals surface area (Å²) < 4.78 is 15.6. The van der Waals surface area contributed by atoms with E-state index in [1.54, 1.807) is 32.2 Å². The Morgan fingerprint density at radius 1 is 1.04 bits per heavy atom. The Bertz CT molecular complexity index is 786. The van der Waals surface area contributed by atoms with Gasteiger partial charge in [-0.05, 0) is 25.5 Å². The number of benzene rings is 2. The minimum Gasteiger partial charge on any atom is -0.497 e. The van der Waals surface area contributed by atoms with Crippen molar-refractivity contribution < 1.29 is 23.8 Å². The van der Waals surface area contributed by atoms with Crippen LogP contribution in [-0.2, 0) is 27.3 Å². The van der Waals surface area contributed by atoms with Crippen molar-refractivity contribution in [3.8, 4) is 11.5 Å². The lowest BCUT2D eigenvalue weighted by Crippen LogP contribution is -2.35. The number of ether oxygens (including phenoxy) is 3. The molecule has 2 rings (SSSR count). The molecule has 0 heterocycles. The van der Waals surface area contributed by atoms with Gasteiger partial charge in [-0.3, -0.25) is 9.59 Å². The molecule has 6 nitrogen and oxygen atoms in total. The molecule has 0 aromatic heterocycles. The SMILES string of the molecule is COc1ccc(CC(=O)O[C@@H](C)C(=O)NCc2ccc(C)cc2)c(OC)c1. The summed E-state index contributed by atoms with van der Waals surface area (Å²) >= 11 is 0. The van der Waals surface area contributed by atoms with Gasteiger partial charge in [0.05, 0.1) is 20.6 Å². The van der Waals surface area contributed by atoms with Gasteiger partial charge in [0.25, 0.3) is 5.91 Å². The van der Waals surface area contributed by atoms with Crippen LogP contribution in [0.25, 0.3) is 0 Å². The number of rotatable bonds is 8. The first kappa shape index (κ1) is 20.3. The minimum absolute atomic E-state index is 0.00273. The summed E-state index contributed by atoms with van der Waals surface area (Å²) in [4.78, 5) is 24.3. The highest BCUT2D eigenvalue weighted by Crippen LogP contribution is 2.25. The van der Waals surface area contributed by atoms with E-state index in [-0.39, 0.29) is 12.3 Å². The Morgan fingerprint density at radius 3 is 2.37 bits per heavy atom. The lowest BCUT2D eigenvalue weighted by atomic mass is 10.1. The summed E-state index contributed by atoms with van der Waals surface area (Å²) in [6.45, 7) is 3.93. The number of hydrogen-bond acceptors (Lipinski definition) is 5. The Morgan fingerprint density at radius 2 is 1.74 bits per heavy atom. The monoisotopic (exact) mass is 371 g/mol. The largest absolute Gasteiger partial charge is 0.497 e. The molecule has 6 heteroatoms. The molecule has 0 aliphatic heterocycles. The third-order valence-electron chi connectivity index (χ3n) is 4.09. The van der Waals surface area contributed by atoms with Gasteiger partial charge in [-0.25, -0.2) is 0 Å². The van der Waals surface area contributed by atoms with Crippen molar-refractivity contribution in [2.45, 2.75) is 32.9 Å². The fourth-order valence-electron chi connectivity index (χ4n) is 2.48. The van der Waals surface area contributed by atoms with Crippen LogP contribution in [0.4, 0.5) is 0 Å². The molecule has 0 saturated heterocycles. The van der Waals surface area contributed by atoms with Crippen LogP contribution in [0.2, 0.25) is 0 Å². The zero-order chi connectivity index (χ0) is 19.8. The summed E-state index contributed by atoms with van der Waals surface area (Å²) in [5, 5.41) is 2.77. The van der Waals surface area contributed by atoms with E-state index >= 15 is 0 Å². The first-order valence-electron chi connectivity index (χ1n) is 8.66. The molecule has 0 spiro atoms. The summed E-state index contributed by atoms with van der Waals surface area (Å²) in [5.41, 5.74) is 2.80. The van der Waals surface area contributed by atoms with Crippen molar-refractivity contribution in [3.63, 3.8) is 0 Å². The number of carbonyl (C=O) groups excluding carboxylic acids is 2. The standard InChI is InChI=1S/C21H25NO5/c1-14-5-7-16(8-6-14)13-22-21(24)15(2)27-20(23)11-17-9-10-18(25-3)12-19(17)26-4/h5-10,12,15H,11,13H2,1-4H3,(H,22,24)/t15-/m0/s1. The first-order chi connectivity index (χ1) is 12.9. The summed E-state index contributed by atoms with van der Waals surface area (Å²) in [5.74, 6) is 0.317. The molecule has 1 atom stereocenters. The number of amides is 1. The first-order valence-corrected chi connectivity index (χ1v) is 8.66. The van der Waals surface area contributed by atoms with Gasteiger partial charge in [-0.1, -0.05) is 35.9 Å². The third kappa shape index (κ3) is 6.02. The van der Waals surface area contributed by atoms with E-state index in [1.807, 2.05) is 31.2 Å². The molecule has 0 fully saturated rings. The minimum atomic E-state index is -0.882. The zero-order valence-electron chi connectivity index (χ0n) is 16.1. The van der Waals surface area contributed by atoms with Gasteiger partial charge in [0.15, 0.2) is 6.10 Å². The maximum Gasteiger partial charge on any atom is 0.311 e. The molecule has 0 bridgehead atoms. The number of esters is 1. The van der Waals surface area contributed by atoms with Crippen molar-refractivity contribution in [3.05, 3.63) is 59.2 Å². The van der Waals surface area contributed by atoms with Gasteiger partial charge >= 0.3 is 5.97 Å². The fraction of sp³-hybridized carbons (Fsp3) is 0.333. The highest BCUT2D eigenvalue weighted by atomic mass is 16.5. The Labute approximate surface area is 159 Å². The van der Waals surface area contributed by atoms with E-state index in [9.17, 15) is 9.59 Å². The van der Waals surface area contributed by atoms with Crippen molar-refractivity contribution in [1.82, 2.24) is 5.32 Å². The van der Waals surface area contributed by atoms with Crippen LogP contribution in [0.1, 0.15) is 23.6 Å². The van der Waals surface area contributed by atoms with Crippen LogP contribution in [0.5, 0.6) is 11.5 Å². The topological polar surface area (TPSA) is 73.9 Å². The zero-order valence-corrected chi connectivity index (χ0v) is 16.1. The van der Waals surface area contributed by atoms with E-state index in [0.29, 0.717) is 23.6 Å². The maximum atomic E-state index is 12.2. The summed E-state index contributed by atoms with van der Waals surface area (Å²) in [7, 11) is 3.07. The van der Waals surface area contributed by atoms with E-state index in [0.717, 1.165) is 11.1 Å². The Hall–Kier alpha value is -3.02. The van der Waals surface area contributed by atoms with Crippen molar-refractivity contribution >= 4 is 11.9 Å². The lowest BCUT2D eigenvalue weighted by Gasteiger charge is -2.15. The maximum absolute atomic E-state index is 12.2. The second-order valence-electron chi connectivity index (χ2n) is 6.19. The molecule has 0 aliphatic rings. The van der Waals surface area contributed by atoms with Crippen LogP contribution in [0.3, 0.4) is 0 Å². The summed E-state index contributed by atoms with van der Waals surface area (Å²) in [6.07, 6.45) is -0.880. The van der Waals surface area contributed by atoms with Crippen LogP contribution >= 0.6 is 0 Å². The Kier molecular flexibility index (Phi) is 7.23. The number of nitrogens with one attached hydrogen (secondary N) is 1. The third-order valence-corrected chi connectivity index (χ3v) is 4.09. The van der Waals surface area contributed by atoms with Crippen molar-refractivity contribution in [2.24, 2.45) is 0 Å². The molecular weight excluding hydrogens is 346 g/mol. The van der Waals surface area contributed by atoms with Gasteiger partial charge < -0.3 is 19.5 Å². The van der Waals surface area contributed by atoms with E-state index in [2.05, 4.69) is 5.32 Å².